The van der Waals surface area contributed by atoms with Gasteiger partial charge in [-0.05, 0) is 110 Å². The number of tetrazole rings is 2. The maximum Gasteiger partial charge on any atom is 0.489 e. The molecule has 16 nitrogen and oxygen atoms in total. The van der Waals surface area contributed by atoms with Crippen LogP contribution in [0, 0.1) is 25.7 Å². The molecule has 8 aromatic carbocycles. The lowest BCUT2D eigenvalue weighted by molar-refractivity contribution is -0.116. The Labute approximate surface area is 523 Å². The van der Waals surface area contributed by atoms with Crippen molar-refractivity contribution in [1.82, 2.24) is 41.2 Å². The highest BCUT2D eigenvalue weighted by molar-refractivity contribution is 9.10. The highest BCUT2D eigenvalue weighted by Crippen LogP contribution is 2.43. The minimum absolute atomic E-state index is 0.00360. The van der Waals surface area contributed by atoms with Crippen LogP contribution in [0.15, 0.2) is 212 Å². The van der Waals surface area contributed by atoms with Gasteiger partial charge in [0, 0.05) is 40.5 Å². The van der Waals surface area contributed by atoms with E-state index in [0.29, 0.717) is 46.6 Å². The molecule has 0 radical (unpaired) electrons. The van der Waals surface area contributed by atoms with Crippen molar-refractivity contribution in [2.75, 3.05) is 34.4 Å². The molecule has 8 N–H and O–H groups in total. The van der Waals surface area contributed by atoms with Gasteiger partial charge in [0.2, 0.25) is 23.5 Å². The van der Waals surface area contributed by atoms with Crippen LogP contribution in [0.5, 0.6) is 0 Å². The first-order chi connectivity index (χ1) is 42.6. The average Bonchev–Trinajstić information content (AvgIpc) is 2.59. The van der Waals surface area contributed by atoms with Gasteiger partial charge in [-0.1, -0.05) is 225 Å². The van der Waals surface area contributed by atoms with Crippen molar-refractivity contribution < 1.29 is 19.6 Å². The summed E-state index contributed by atoms with van der Waals surface area (Å²) in [5.74, 6) is 1.45. The van der Waals surface area contributed by atoms with Crippen LogP contribution >= 0.6 is 15.9 Å². The van der Waals surface area contributed by atoms with Crippen LogP contribution in [0.25, 0.3) is 33.9 Å². The van der Waals surface area contributed by atoms with Gasteiger partial charge in [0.25, 0.3) is 0 Å². The summed E-state index contributed by atoms with van der Waals surface area (Å²) >= 11 is 3.65. The lowest BCUT2D eigenvalue weighted by Gasteiger charge is -2.25. The first-order valence-corrected chi connectivity index (χ1v) is 29.9. The summed E-state index contributed by atoms with van der Waals surface area (Å²) in [6.45, 7) is 22.6. The van der Waals surface area contributed by atoms with Crippen molar-refractivity contribution in [3.63, 3.8) is 0 Å². The van der Waals surface area contributed by atoms with Crippen LogP contribution < -0.4 is 26.7 Å². The fourth-order valence-electron chi connectivity index (χ4n) is 9.93. The Morgan fingerprint density at radius 3 is 1.41 bits per heavy atom. The highest BCUT2D eigenvalue weighted by atomic mass is 79.9. The van der Waals surface area contributed by atoms with Crippen molar-refractivity contribution in [2.45, 2.75) is 66.2 Å². The molecule has 18 heteroatoms. The summed E-state index contributed by atoms with van der Waals surface area (Å²) < 4.78 is 0.913. The van der Waals surface area contributed by atoms with Crippen LogP contribution in [-0.4, -0.2) is 83.3 Å². The molecule has 2 atom stereocenters. The number of carbonyl (C=O) groups is 2. The quantitative estimate of drug-likeness (QED) is 0.0234. The van der Waals surface area contributed by atoms with Gasteiger partial charge in [-0.15, -0.1) is 33.6 Å². The molecule has 2 aromatic heterocycles. The van der Waals surface area contributed by atoms with Gasteiger partial charge >= 0.3 is 7.12 Å². The van der Waals surface area contributed by atoms with Crippen LogP contribution in [0.1, 0.15) is 84.0 Å². The Bertz CT molecular complexity index is 3870. The Hall–Kier alpha value is -9.62. The lowest BCUT2D eigenvalue weighted by atomic mass is 9.77. The third-order valence-electron chi connectivity index (χ3n) is 14.3. The molecule has 2 unspecified atom stereocenters. The van der Waals surface area contributed by atoms with Crippen molar-refractivity contribution >= 4 is 63.1 Å². The summed E-state index contributed by atoms with van der Waals surface area (Å²) in [4.78, 5) is 26.4. The second-order valence-corrected chi connectivity index (χ2v) is 23.0. The number of H-pyrrole nitrogens is 2. The summed E-state index contributed by atoms with van der Waals surface area (Å²) in [6, 6.07) is 59.7. The molecule has 0 saturated carbocycles. The lowest BCUT2D eigenvalue weighted by Crippen LogP contribution is -2.31. The largest absolute Gasteiger partial charge is 0.489 e. The van der Waals surface area contributed by atoms with Crippen LogP contribution in [0.2, 0.25) is 0 Å². The Kier molecular flexibility index (Phi) is 23.2. The Balaban J connectivity index is 0.000000191. The maximum atomic E-state index is 13.5. The predicted molar refractivity (Wildman–Crippen MR) is 359 cm³/mol. The number of allylic oxidation sites excluding steroid dienone is 2. The minimum Gasteiger partial charge on any atom is -0.423 e. The number of amides is 2. The van der Waals surface area contributed by atoms with E-state index in [0.717, 1.165) is 90.3 Å². The molecule has 0 saturated heterocycles. The molecular formula is C70H74BBrN12O4. The molecule has 0 aliphatic carbocycles. The molecule has 2 heterocycles. The fourth-order valence-corrected chi connectivity index (χ4v) is 10.4. The number of aromatic amines is 2. The topological polar surface area (TPSA) is 232 Å². The Morgan fingerprint density at radius 2 is 0.966 bits per heavy atom. The SMILES string of the molecule is C=CC(c1ccccc1)c1cc(-c2ccccc2-c2nn[nH]n2)cc(NC(=O)Cc2ccc(C)cc2)c1NCC(C)C.C=CC(c1ccccc1)c1cc(Br)cc(NC(=O)Cc2ccc(C)cc2)c1NCC(C)C.OB(O)c1ccccc1-c1nn[nH]n1. The first-order valence-electron chi connectivity index (χ1n) is 29.2. The number of nitrogens with zero attached hydrogens (tertiary/aromatic N) is 6. The molecular weight excluding hydrogens is 1160 g/mol. The monoisotopic (exact) mass is 1240 g/mol. The zero-order chi connectivity index (χ0) is 62.5. The summed E-state index contributed by atoms with van der Waals surface area (Å²) in [5.41, 5.74) is 15.6. The van der Waals surface area contributed by atoms with Gasteiger partial charge in [-0.3, -0.25) is 9.59 Å². The average molecular weight is 1240 g/mol. The molecule has 0 spiro atoms. The molecule has 10 aromatic rings. The van der Waals surface area contributed by atoms with E-state index in [-0.39, 0.29) is 30.1 Å². The van der Waals surface area contributed by atoms with Gasteiger partial charge in [-0.25, -0.2) is 0 Å². The van der Waals surface area contributed by atoms with Gasteiger partial charge in [0.1, 0.15) is 0 Å². The van der Waals surface area contributed by atoms with E-state index in [4.69, 9.17) is 10.0 Å². The normalized spacial score (nSPS) is 11.5. The number of aryl methyl sites for hydroxylation is 2. The number of hydrogen-bond donors (Lipinski definition) is 8. The molecule has 0 aliphatic rings. The van der Waals surface area contributed by atoms with E-state index in [1.807, 2.05) is 147 Å². The van der Waals surface area contributed by atoms with Crippen LogP contribution in [0.3, 0.4) is 0 Å². The molecule has 0 fully saturated rings. The fraction of sp³-hybridized carbons (Fsp3) is 0.200. The molecule has 448 valence electrons. The van der Waals surface area contributed by atoms with E-state index < -0.39 is 7.12 Å². The zero-order valence-electron chi connectivity index (χ0n) is 50.4. The van der Waals surface area contributed by atoms with E-state index in [9.17, 15) is 9.59 Å². The first kappa shape index (κ1) is 64.4. The summed E-state index contributed by atoms with van der Waals surface area (Å²) in [6.07, 6.45) is 4.51. The summed E-state index contributed by atoms with van der Waals surface area (Å²) in [5, 5.41) is 59.8. The van der Waals surface area contributed by atoms with E-state index in [2.05, 4.69) is 156 Å². The van der Waals surface area contributed by atoms with Gasteiger partial charge < -0.3 is 31.3 Å². The van der Waals surface area contributed by atoms with Gasteiger partial charge in [-0.2, -0.15) is 10.4 Å². The number of carbonyl (C=O) groups excluding carboxylic acids is 2. The number of hydrogen-bond acceptors (Lipinski definition) is 12. The van der Waals surface area contributed by atoms with Crippen molar-refractivity contribution in [2.24, 2.45) is 11.8 Å². The molecule has 2 amide bonds. The van der Waals surface area contributed by atoms with Crippen LogP contribution in [-0.2, 0) is 22.4 Å². The summed E-state index contributed by atoms with van der Waals surface area (Å²) in [7, 11) is -1.54. The van der Waals surface area contributed by atoms with E-state index in [1.54, 1.807) is 24.3 Å². The van der Waals surface area contributed by atoms with E-state index in [1.165, 1.54) is 5.56 Å². The second-order valence-electron chi connectivity index (χ2n) is 22.1. The molecule has 0 aliphatic heterocycles. The maximum absolute atomic E-state index is 13.5. The third-order valence-corrected chi connectivity index (χ3v) is 14.8. The number of anilines is 4. The van der Waals surface area contributed by atoms with Gasteiger partial charge in [0.15, 0.2) is 0 Å². The molecule has 10 rings (SSSR count). The minimum atomic E-state index is -1.54. The van der Waals surface area contributed by atoms with Crippen molar-refractivity contribution in [3.8, 4) is 33.9 Å². The third kappa shape index (κ3) is 17.7. The van der Waals surface area contributed by atoms with E-state index >= 15 is 0 Å². The molecule has 88 heavy (non-hydrogen) atoms. The Morgan fingerprint density at radius 1 is 0.545 bits per heavy atom. The zero-order valence-corrected chi connectivity index (χ0v) is 52.0. The number of halogens is 1. The number of nitrogens with one attached hydrogen (secondary N) is 6. The smallest absolute Gasteiger partial charge is 0.423 e. The second kappa shape index (κ2) is 31.7. The number of rotatable bonds is 22. The number of aromatic nitrogens is 8. The number of benzene rings is 8. The van der Waals surface area contributed by atoms with Crippen molar-refractivity contribution in [1.29, 1.82) is 0 Å². The van der Waals surface area contributed by atoms with Crippen LogP contribution in [0.4, 0.5) is 22.7 Å². The predicted octanol–water partition coefficient (Wildman–Crippen LogP) is 13.3. The highest BCUT2D eigenvalue weighted by Gasteiger charge is 2.24. The van der Waals surface area contributed by atoms with Crippen molar-refractivity contribution in [3.05, 3.63) is 256 Å². The standard InChI is InChI=1S/C35H36N6O.C28H31BrN2O.C7H7BN4O2/c1-5-28(26-11-7-6-8-12-26)31-20-27(29-13-9-10-14-30(29)35-38-40-41-39-35)21-32(34(31)36-22-23(2)3)37-33(42)19-25-17-15-24(4)16-18-25;1-5-24(22-9-7-6-8-10-22)25-16-23(29)17-26(28(25)30-18-19(2)3)31-27(32)15-21-13-11-20(4)12-14-21;13-8(14)6-4-2-1-3-5(6)7-9-11-12-10-7/h5-18,20-21,23,28,36H,1,19,22H2,2-4H3,(H,37,42)(H,38,39,40,41);5-14,16-17,19,24,30H,1,15,18H2,2-4H3,(H,31,32);1-4,13-14H,(H,9,10,11,12). The molecule has 0 bridgehead atoms. The van der Waals surface area contributed by atoms with Gasteiger partial charge in [0.05, 0.1) is 35.6 Å².